The van der Waals surface area contributed by atoms with Gasteiger partial charge in [-0.05, 0) is 24.3 Å². The van der Waals surface area contributed by atoms with Crippen molar-refractivity contribution in [3.05, 3.63) is 57.0 Å². The maximum absolute atomic E-state index is 12.3. The van der Waals surface area contributed by atoms with E-state index in [1.165, 1.54) is 12.1 Å². The van der Waals surface area contributed by atoms with Gasteiger partial charge in [0.1, 0.15) is 4.90 Å². The third kappa shape index (κ3) is 3.42. The highest BCUT2D eigenvalue weighted by Gasteiger charge is 2.22. The average Bonchev–Trinajstić information content (AvgIpc) is 2.27. The minimum atomic E-state index is -3.83. The van der Waals surface area contributed by atoms with Crippen molar-refractivity contribution in [3.8, 4) is 0 Å². The van der Waals surface area contributed by atoms with Crippen LogP contribution in [-0.2, 0) is 10.0 Å². The maximum atomic E-state index is 12.3. The fourth-order valence-electron chi connectivity index (χ4n) is 1.50. The van der Waals surface area contributed by atoms with Crippen molar-refractivity contribution in [2.75, 3.05) is 4.72 Å². The molecular weight excluding hydrogens is 373 g/mol. The van der Waals surface area contributed by atoms with Crippen LogP contribution in [-0.4, -0.2) is 8.42 Å². The van der Waals surface area contributed by atoms with Crippen molar-refractivity contribution in [1.82, 2.24) is 0 Å². The van der Waals surface area contributed by atoms with Crippen molar-refractivity contribution in [1.29, 1.82) is 0 Å². The fraction of sp³-hybridized carbons (Fsp3) is 0. The van der Waals surface area contributed by atoms with Gasteiger partial charge in [0, 0.05) is 10.2 Å². The van der Waals surface area contributed by atoms with Crippen LogP contribution in [0, 0.1) is 0 Å². The SMILES string of the molecule is O=S(=O)(Nc1ccccc1)c1c(Cl)cc(Br)cc1Cl. The molecule has 0 spiro atoms. The zero-order chi connectivity index (χ0) is 14.0. The number of nitrogens with one attached hydrogen (secondary N) is 1. The van der Waals surface area contributed by atoms with Gasteiger partial charge in [0.2, 0.25) is 0 Å². The van der Waals surface area contributed by atoms with E-state index >= 15 is 0 Å². The molecule has 0 aliphatic heterocycles. The number of halogens is 3. The first-order chi connectivity index (χ1) is 8.90. The summed E-state index contributed by atoms with van der Waals surface area (Å²) in [6.07, 6.45) is 0. The molecule has 2 aromatic carbocycles. The van der Waals surface area contributed by atoms with E-state index in [0.29, 0.717) is 10.2 Å². The van der Waals surface area contributed by atoms with Gasteiger partial charge < -0.3 is 0 Å². The summed E-state index contributed by atoms with van der Waals surface area (Å²) in [5.41, 5.74) is 0.442. The normalized spacial score (nSPS) is 11.3. The molecule has 100 valence electrons. The first kappa shape index (κ1) is 14.7. The molecule has 0 aliphatic rings. The molecular formula is C12H8BrCl2NO2S. The molecule has 0 aliphatic carbocycles. The minimum absolute atomic E-state index is 0.0582. The third-order valence-electron chi connectivity index (χ3n) is 2.26. The van der Waals surface area contributed by atoms with Crippen LogP contribution in [0.4, 0.5) is 5.69 Å². The molecule has 1 N–H and O–H groups in total. The Hall–Kier alpha value is -0.750. The molecule has 0 saturated carbocycles. The molecule has 0 atom stereocenters. The molecule has 0 fully saturated rings. The lowest BCUT2D eigenvalue weighted by molar-refractivity contribution is 0.601. The van der Waals surface area contributed by atoms with Crippen LogP contribution in [0.3, 0.4) is 0 Å². The van der Waals surface area contributed by atoms with Crippen molar-refractivity contribution >= 4 is 54.8 Å². The molecule has 0 bridgehead atoms. The van der Waals surface area contributed by atoms with Crippen LogP contribution >= 0.6 is 39.1 Å². The minimum Gasteiger partial charge on any atom is -0.280 e. The summed E-state index contributed by atoms with van der Waals surface area (Å²) >= 11 is 15.1. The molecule has 7 heteroatoms. The summed E-state index contributed by atoms with van der Waals surface area (Å²) in [6.45, 7) is 0. The lowest BCUT2D eigenvalue weighted by Gasteiger charge is -2.11. The lowest BCUT2D eigenvalue weighted by atomic mass is 10.3. The van der Waals surface area contributed by atoms with Gasteiger partial charge in [-0.1, -0.05) is 57.3 Å². The van der Waals surface area contributed by atoms with E-state index < -0.39 is 10.0 Å². The lowest BCUT2D eigenvalue weighted by Crippen LogP contribution is -2.14. The van der Waals surface area contributed by atoms with E-state index in [0.717, 1.165) is 0 Å². The number of hydrogen-bond acceptors (Lipinski definition) is 2. The number of benzene rings is 2. The second kappa shape index (κ2) is 5.71. The second-order valence-corrected chi connectivity index (χ2v) is 7.02. The Morgan fingerprint density at radius 2 is 1.53 bits per heavy atom. The summed E-state index contributed by atoms with van der Waals surface area (Å²) in [5.74, 6) is 0. The van der Waals surface area contributed by atoms with E-state index in [1.807, 2.05) is 0 Å². The Morgan fingerprint density at radius 1 is 1.00 bits per heavy atom. The molecule has 3 nitrogen and oxygen atoms in total. The number of para-hydroxylation sites is 1. The van der Waals surface area contributed by atoms with Crippen molar-refractivity contribution in [2.24, 2.45) is 0 Å². The van der Waals surface area contributed by atoms with Gasteiger partial charge in [0.15, 0.2) is 0 Å². The predicted molar refractivity (Wildman–Crippen MR) is 81.4 cm³/mol. The summed E-state index contributed by atoms with van der Waals surface area (Å²) in [4.78, 5) is -0.136. The largest absolute Gasteiger partial charge is 0.280 e. The predicted octanol–water partition coefficient (Wildman–Crippen LogP) is 4.56. The van der Waals surface area contributed by atoms with E-state index in [1.54, 1.807) is 30.3 Å². The van der Waals surface area contributed by atoms with Gasteiger partial charge in [-0.15, -0.1) is 0 Å². The summed E-state index contributed by atoms with van der Waals surface area (Å²) in [5, 5.41) is 0.116. The molecule has 0 amide bonds. The van der Waals surface area contributed by atoms with Crippen molar-refractivity contribution in [2.45, 2.75) is 4.90 Å². The topological polar surface area (TPSA) is 46.2 Å². The van der Waals surface area contributed by atoms with E-state index in [4.69, 9.17) is 23.2 Å². The highest BCUT2D eigenvalue weighted by molar-refractivity contribution is 9.10. The first-order valence-electron chi connectivity index (χ1n) is 5.12. The zero-order valence-electron chi connectivity index (χ0n) is 9.40. The Labute approximate surface area is 129 Å². The second-order valence-electron chi connectivity index (χ2n) is 3.67. The standard InChI is InChI=1S/C12H8BrCl2NO2S/c13-8-6-10(14)12(11(15)7-8)19(17,18)16-9-4-2-1-3-5-9/h1-7,16H. The Kier molecular flexibility index (Phi) is 4.40. The monoisotopic (exact) mass is 379 g/mol. The average molecular weight is 381 g/mol. The summed E-state index contributed by atoms with van der Waals surface area (Å²) < 4.78 is 27.6. The Bertz CT molecular complexity index is 682. The molecule has 0 heterocycles. The van der Waals surface area contributed by atoms with Gasteiger partial charge in [0.25, 0.3) is 10.0 Å². The molecule has 0 aromatic heterocycles. The first-order valence-corrected chi connectivity index (χ1v) is 8.16. The van der Waals surface area contributed by atoms with Gasteiger partial charge in [-0.25, -0.2) is 8.42 Å². The van der Waals surface area contributed by atoms with Gasteiger partial charge in [-0.3, -0.25) is 4.72 Å². The summed E-state index contributed by atoms with van der Waals surface area (Å²) in [7, 11) is -3.83. The summed E-state index contributed by atoms with van der Waals surface area (Å²) in [6, 6.07) is 11.5. The van der Waals surface area contributed by atoms with Crippen molar-refractivity contribution < 1.29 is 8.42 Å². The van der Waals surface area contributed by atoms with Crippen LogP contribution in [0.25, 0.3) is 0 Å². The van der Waals surface area contributed by atoms with Crippen LogP contribution in [0.15, 0.2) is 51.8 Å². The van der Waals surface area contributed by atoms with Crippen LogP contribution < -0.4 is 4.72 Å². The molecule has 2 rings (SSSR count). The van der Waals surface area contributed by atoms with Crippen LogP contribution in [0.1, 0.15) is 0 Å². The molecule has 0 radical (unpaired) electrons. The van der Waals surface area contributed by atoms with E-state index in [2.05, 4.69) is 20.7 Å². The Balaban J connectivity index is 2.46. The third-order valence-corrected chi connectivity index (χ3v) is 5.02. The van der Waals surface area contributed by atoms with Crippen LogP contribution in [0.2, 0.25) is 10.0 Å². The molecule has 19 heavy (non-hydrogen) atoms. The molecule has 0 saturated heterocycles. The number of anilines is 1. The van der Waals surface area contributed by atoms with Gasteiger partial charge in [0.05, 0.1) is 10.0 Å². The van der Waals surface area contributed by atoms with E-state index in [9.17, 15) is 8.42 Å². The van der Waals surface area contributed by atoms with Gasteiger partial charge >= 0.3 is 0 Å². The van der Waals surface area contributed by atoms with E-state index in [-0.39, 0.29) is 14.9 Å². The number of sulfonamides is 1. The number of rotatable bonds is 3. The highest BCUT2D eigenvalue weighted by atomic mass is 79.9. The Morgan fingerprint density at radius 3 is 2.05 bits per heavy atom. The van der Waals surface area contributed by atoms with Gasteiger partial charge in [-0.2, -0.15) is 0 Å². The van der Waals surface area contributed by atoms with Crippen LogP contribution in [0.5, 0.6) is 0 Å². The van der Waals surface area contributed by atoms with Crippen molar-refractivity contribution in [3.63, 3.8) is 0 Å². The maximum Gasteiger partial charge on any atom is 0.264 e. The molecule has 2 aromatic rings. The zero-order valence-corrected chi connectivity index (χ0v) is 13.3. The smallest absolute Gasteiger partial charge is 0.264 e. The highest BCUT2D eigenvalue weighted by Crippen LogP contribution is 2.33. The molecule has 0 unspecified atom stereocenters. The fourth-order valence-corrected chi connectivity index (χ4v) is 4.50. The number of hydrogen-bond donors (Lipinski definition) is 1. The quantitative estimate of drug-likeness (QED) is 0.848.